The van der Waals surface area contributed by atoms with Gasteiger partial charge in [-0.2, -0.15) is 0 Å². The smallest absolute Gasteiger partial charge is 0.315 e. The van der Waals surface area contributed by atoms with Gasteiger partial charge in [0.25, 0.3) is 0 Å². The number of halogens is 1. The molecule has 1 aliphatic rings. The Hall–Kier alpha value is -2.08. The first-order chi connectivity index (χ1) is 13.1. The fourth-order valence-corrected chi connectivity index (χ4v) is 3.17. The van der Waals surface area contributed by atoms with Gasteiger partial charge in [-0.05, 0) is 35.7 Å². The number of nitrogens with one attached hydrogen (secondary N) is 2. The molecule has 0 saturated carbocycles. The lowest BCUT2D eigenvalue weighted by Crippen LogP contribution is -2.36. The molecule has 1 heterocycles. The number of benzene rings is 2. The number of amides is 2. The molecule has 144 valence electrons. The third kappa shape index (κ3) is 6.24. The number of carbonyl (C=O) groups excluding carboxylic acids is 1. The van der Waals surface area contributed by atoms with E-state index in [1.807, 2.05) is 31.2 Å². The highest BCUT2D eigenvalue weighted by atomic mass is 35.5. The molecule has 3 rings (SSSR count). The van der Waals surface area contributed by atoms with Crippen molar-refractivity contribution in [3.05, 3.63) is 70.2 Å². The molecular formula is C21H26ClN3O2. The zero-order chi connectivity index (χ0) is 19.1. The van der Waals surface area contributed by atoms with E-state index in [2.05, 4.69) is 39.8 Å². The molecule has 2 N–H and O–H groups in total. The van der Waals surface area contributed by atoms with Crippen LogP contribution in [0.15, 0.2) is 48.5 Å². The summed E-state index contributed by atoms with van der Waals surface area (Å²) in [5.74, 6) is 0. The van der Waals surface area contributed by atoms with Gasteiger partial charge in [0.15, 0.2) is 0 Å². The highest BCUT2D eigenvalue weighted by Crippen LogP contribution is 2.16. The summed E-state index contributed by atoms with van der Waals surface area (Å²) in [6.45, 7) is 6.97. The minimum absolute atomic E-state index is 0.0850. The number of rotatable bonds is 6. The Kier molecular flexibility index (Phi) is 7.10. The number of nitrogens with zero attached hydrogens (tertiary/aromatic N) is 1. The van der Waals surface area contributed by atoms with E-state index in [-0.39, 0.29) is 12.1 Å². The Morgan fingerprint density at radius 2 is 1.70 bits per heavy atom. The van der Waals surface area contributed by atoms with Gasteiger partial charge in [0.2, 0.25) is 0 Å². The molecule has 1 fully saturated rings. The molecule has 2 aromatic carbocycles. The molecule has 6 heteroatoms. The van der Waals surface area contributed by atoms with Gasteiger partial charge in [-0.3, -0.25) is 4.90 Å². The van der Waals surface area contributed by atoms with Gasteiger partial charge in [0, 0.05) is 31.2 Å². The first-order valence-corrected chi connectivity index (χ1v) is 9.66. The Bertz CT molecular complexity index is 728. The van der Waals surface area contributed by atoms with Crippen molar-refractivity contribution in [2.24, 2.45) is 0 Å². The molecule has 0 aromatic heterocycles. The van der Waals surface area contributed by atoms with Crippen LogP contribution in [0.4, 0.5) is 4.79 Å². The Morgan fingerprint density at radius 3 is 2.37 bits per heavy atom. The third-order valence-electron chi connectivity index (χ3n) is 4.70. The van der Waals surface area contributed by atoms with Crippen molar-refractivity contribution in [2.45, 2.75) is 26.1 Å². The summed E-state index contributed by atoms with van der Waals surface area (Å²) in [4.78, 5) is 14.5. The molecule has 0 aliphatic carbocycles. The van der Waals surface area contributed by atoms with E-state index in [1.54, 1.807) is 0 Å². The van der Waals surface area contributed by atoms with Crippen molar-refractivity contribution < 1.29 is 9.53 Å². The van der Waals surface area contributed by atoms with E-state index in [0.717, 1.165) is 44.0 Å². The molecule has 1 aliphatic heterocycles. The maximum absolute atomic E-state index is 12.1. The van der Waals surface area contributed by atoms with E-state index in [9.17, 15) is 4.79 Å². The standard InChI is InChI=1S/C21H26ClN3O2/c1-16(19-6-8-20(22)9-7-19)24-21(26)23-14-17-2-4-18(5-3-17)15-25-10-12-27-13-11-25/h2-9,16H,10-15H2,1H3,(H2,23,24,26)/t16-/m0/s1. The zero-order valence-electron chi connectivity index (χ0n) is 15.6. The number of morpholine rings is 1. The van der Waals surface area contributed by atoms with E-state index in [1.165, 1.54) is 5.56 Å². The average Bonchev–Trinajstić information content (AvgIpc) is 2.69. The van der Waals surface area contributed by atoms with E-state index < -0.39 is 0 Å². The normalized spacial score (nSPS) is 15.9. The first kappa shape index (κ1) is 19.7. The van der Waals surface area contributed by atoms with Crippen LogP contribution in [0.2, 0.25) is 5.02 Å². The quantitative estimate of drug-likeness (QED) is 0.794. The van der Waals surface area contributed by atoms with Gasteiger partial charge in [-0.25, -0.2) is 4.79 Å². The molecule has 1 atom stereocenters. The highest BCUT2D eigenvalue weighted by molar-refractivity contribution is 6.30. The van der Waals surface area contributed by atoms with E-state index in [4.69, 9.17) is 16.3 Å². The molecule has 0 bridgehead atoms. The minimum Gasteiger partial charge on any atom is -0.379 e. The van der Waals surface area contributed by atoms with Crippen LogP contribution in [0, 0.1) is 0 Å². The Morgan fingerprint density at radius 1 is 1.07 bits per heavy atom. The topological polar surface area (TPSA) is 53.6 Å². The molecule has 1 saturated heterocycles. The number of hydrogen-bond acceptors (Lipinski definition) is 3. The summed E-state index contributed by atoms with van der Waals surface area (Å²) in [6.07, 6.45) is 0. The number of urea groups is 1. The van der Waals surface area contributed by atoms with Crippen LogP contribution < -0.4 is 10.6 Å². The van der Waals surface area contributed by atoms with Gasteiger partial charge < -0.3 is 15.4 Å². The molecule has 2 aromatic rings. The molecule has 27 heavy (non-hydrogen) atoms. The van der Waals surface area contributed by atoms with Crippen LogP contribution in [-0.2, 0) is 17.8 Å². The summed E-state index contributed by atoms with van der Waals surface area (Å²) in [5, 5.41) is 6.54. The maximum Gasteiger partial charge on any atom is 0.315 e. The number of ether oxygens (including phenoxy) is 1. The zero-order valence-corrected chi connectivity index (χ0v) is 16.3. The van der Waals surface area contributed by atoms with Gasteiger partial charge in [-0.15, -0.1) is 0 Å². The lowest BCUT2D eigenvalue weighted by Gasteiger charge is -2.26. The average molecular weight is 388 g/mol. The monoisotopic (exact) mass is 387 g/mol. The van der Waals surface area contributed by atoms with Crippen LogP contribution in [-0.4, -0.2) is 37.2 Å². The summed E-state index contributed by atoms with van der Waals surface area (Å²) >= 11 is 5.90. The fraction of sp³-hybridized carbons (Fsp3) is 0.381. The fourth-order valence-electron chi connectivity index (χ4n) is 3.04. The van der Waals surface area contributed by atoms with Crippen LogP contribution in [0.5, 0.6) is 0 Å². The van der Waals surface area contributed by atoms with Crippen molar-refractivity contribution in [3.63, 3.8) is 0 Å². The predicted molar refractivity (Wildman–Crippen MR) is 108 cm³/mol. The van der Waals surface area contributed by atoms with Crippen molar-refractivity contribution in [1.82, 2.24) is 15.5 Å². The summed E-state index contributed by atoms with van der Waals surface area (Å²) in [6, 6.07) is 15.6. The van der Waals surface area contributed by atoms with Crippen molar-refractivity contribution in [1.29, 1.82) is 0 Å². The number of carbonyl (C=O) groups is 1. The van der Waals surface area contributed by atoms with Crippen LogP contribution in [0.3, 0.4) is 0 Å². The second kappa shape index (κ2) is 9.74. The van der Waals surface area contributed by atoms with E-state index >= 15 is 0 Å². The highest BCUT2D eigenvalue weighted by Gasteiger charge is 2.11. The maximum atomic E-state index is 12.1. The second-order valence-electron chi connectivity index (χ2n) is 6.81. The van der Waals surface area contributed by atoms with Crippen molar-refractivity contribution >= 4 is 17.6 Å². The molecule has 2 amide bonds. The van der Waals surface area contributed by atoms with Gasteiger partial charge in [-0.1, -0.05) is 48.0 Å². The Labute approximate surface area is 165 Å². The second-order valence-corrected chi connectivity index (χ2v) is 7.24. The summed E-state index contributed by atoms with van der Waals surface area (Å²) in [7, 11) is 0. The molecular weight excluding hydrogens is 362 g/mol. The lowest BCUT2D eigenvalue weighted by atomic mass is 10.1. The van der Waals surface area contributed by atoms with Gasteiger partial charge in [0.05, 0.1) is 19.3 Å². The van der Waals surface area contributed by atoms with Gasteiger partial charge in [0.1, 0.15) is 0 Å². The summed E-state index contributed by atoms with van der Waals surface area (Å²) in [5.41, 5.74) is 3.37. The number of hydrogen-bond donors (Lipinski definition) is 2. The third-order valence-corrected chi connectivity index (χ3v) is 4.96. The first-order valence-electron chi connectivity index (χ1n) is 9.28. The van der Waals surface area contributed by atoms with Crippen LogP contribution in [0.1, 0.15) is 29.7 Å². The van der Waals surface area contributed by atoms with Crippen LogP contribution in [0.25, 0.3) is 0 Å². The largest absolute Gasteiger partial charge is 0.379 e. The molecule has 0 radical (unpaired) electrons. The van der Waals surface area contributed by atoms with Crippen molar-refractivity contribution in [3.8, 4) is 0 Å². The van der Waals surface area contributed by atoms with E-state index in [0.29, 0.717) is 11.6 Å². The lowest BCUT2D eigenvalue weighted by molar-refractivity contribution is 0.0342. The van der Waals surface area contributed by atoms with Crippen molar-refractivity contribution in [2.75, 3.05) is 26.3 Å². The molecule has 5 nitrogen and oxygen atoms in total. The molecule has 0 spiro atoms. The van der Waals surface area contributed by atoms with Gasteiger partial charge >= 0.3 is 6.03 Å². The summed E-state index contributed by atoms with van der Waals surface area (Å²) < 4.78 is 5.38. The minimum atomic E-state index is -0.185. The van der Waals surface area contributed by atoms with Crippen LogP contribution >= 0.6 is 11.6 Å². The predicted octanol–water partition coefficient (Wildman–Crippen LogP) is 3.73. The SMILES string of the molecule is C[C@H](NC(=O)NCc1ccc(CN2CCOCC2)cc1)c1ccc(Cl)cc1. The molecule has 0 unspecified atom stereocenters. The Balaban J connectivity index is 1.43.